The van der Waals surface area contributed by atoms with E-state index in [0.29, 0.717) is 41.7 Å². The van der Waals surface area contributed by atoms with Gasteiger partial charge < -0.3 is 19.8 Å². The summed E-state index contributed by atoms with van der Waals surface area (Å²) < 4.78 is 12.3. The van der Waals surface area contributed by atoms with E-state index in [1.165, 1.54) is 6.20 Å². The number of hydrogen-bond donors (Lipinski definition) is 1. The van der Waals surface area contributed by atoms with Crippen LogP contribution in [0.2, 0.25) is 0 Å². The minimum Gasteiger partial charge on any atom is -0.467 e. The maximum Gasteiger partial charge on any atom is 0.316 e. The number of nitrogen functional groups attached to an aromatic ring is 1. The molecule has 0 aromatic carbocycles. The Morgan fingerprint density at radius 2 is 1.79 bits per heavy atom. The third kappa shape index (κ3) is 4.27. The number of ether oxygens (including phenoxy) is 1. The van der Waals surface area contributed by atoms with Crippen LogP contribution in [0, 0.1) is 6.92 Å². The molecule has 0 spiro atoms. The summed E-state index contributed by atoms with van der Waals surface area (Å²) in [6.45, 7) is 6.34. The fourth-order valence-corrected chi connectivity index (χ4v) is 4.06. The van der Waals surface area contributed by atoms with Gasteiger partial charge in [0.25, 0.3) is 5.56 Å². The van der Waals surface area contributed by atoms with Crippen molar-refractivity contribution in [1.82, 2.24) is 34.4 Å². The first-order chi connectivity index (χ1) is 16.5. The van der Waals surface area contributed by atoms with E-state index in [2.05, 4.69) is 34.7 Å². The van der Waals surface area contributed by atoms with Gasteiger partial charge in [-0.25, -0.2) is 19.9 Å². The van der Waals surface area contributed by atoms with Crippen LogP contribution in [0.4, 0.5) is 11.6 Å². The summed E-state index contributed by atoms with van der Waals surface area (Å²) in [5.74, 6) is 1.34. The van der Waals surface area contributed by atoms with E-state index in [9.17, 15) is 4.79 Å². The molecule has 0 amide bonds. The predicted octanol–water partition coefficient (Wildman–Crippen LogP) is 0.958. The largest absolute Gasteiger partial charge is 0.467 e. The predicted molar refractivity (Wildman–Crippen MR) is 126 cm³/mol. The molecule has 4 aromatic rings. The van der Waals surface area contributed by atoms with E-state index in [4.69, 9.17) is 14.9 Å². The summed E-state index contributed by atoms with van der Waals surface area (Å²) in [4.78, 5) is 38.5. The average molecular weight is 464 g/mol. The minimum atomic E-state index is -0.235. The van der Waals surface area contributed by atoms with Crippen molar-refractivity contribution in [2.24, 2.45) is 0 Å². The summed E-state index contributed by atoms with van der Waals surface area (Å²) in [6.07, 6.45) is 4.83. The number of aryl methyl sites for hydroxylation is 1. The average Bonchev–Trinajstić information content (AvgIpc) is 3.29. The van der Waals surface area contributed by atoms with Crippen molar-refractivity contribution < 1.29 is 9.15 Å². The molecular weight excluding hydrogens is 438 g/mol. The molecule has 5 heterocycles. The molecule has 5 rings (SSSR count). The quantitative estimate of drug-likeness (QED) is 0.437. The van der Waals surface area contributed by atoms with E-state index >= 15 is 0 Å². The normalized spacial score (nSPS) is 14.6. The van der Waals surface area contributed by atoms with Crippen LogP contribution in [-0.2, 0) is 6.54 Å². The maximum absolute atomic E-state index is 12.7. The van der Waals surface area contributed by atoms with Crippen LogP contribution in [-0.4, -0.2) is 74.2 Å². The third-order valence-corrected chi connectivity index (χ3v) is 5.86. The number of methoxy groups -OCH3 is 1. The molecular formula is C22H25N9O3. The Bertz CT molecular complexity index is 1360. The van der Waals surface area contributed by atoms with Crippen LogP contribution in [0.15, 0.2) is 39.9 Å². The van der Waals surface area contributed by atoms with Gasteiger partial charge in [0.15, 0.2) is 11.4 Å². The van der Waals surface area contributed by atoms with Crippen molar-refractivity contribution in [2.45, 2.75) is 13.5 Å². The molecule has 0 bridgehead atoms. The Labute approximate surface area is 195 Å². The Hall–Kier alpha value is -4.06. The van der Waals surface area contributed by atoms with Crippen molar-refractivity contribution in [3.8, 4) is 17.5 Å². The lowest BCUT2D eigenvalue weighted by Gasteiger charge is -2.35. The highest BCUT2D eigenvalue weighted by Crippen LogP contribution is 2.26. The highest BCUT2D eigenvalue weighted by molar-refractivity contribution is 5.86. The topological polar surface area (TPSA) is 141 Å². The number of aromatic nitrogens is 6. The first kappa shape index (κ1) is 21.8. The van der Waals surface area contributed by atoms with Crippen LogP contribution < -0.4 is 20.9 Å². The van der Waals surface area contributed by atoms with Crippen molar-refractivity contribution in [1.29, 1.82) is 0 Å². The van der Waals surface area contributed by atoms with Crippen LogP contribution in [0.3, 0.4) is 0 Å². The Kier molecular flexibility index (Phi) is 5.80. The number of nitrogens with two attached hydrogens (primary N) is 1. The van der Waals surface area contributed by atoms with Gasteiger partial charge in [-0.3, -0.25) is 14.3 Å². The number of hydrogen-bond acceptors (Lipinski definition) is 11. The Balaban J connectivity index is 1.32. The molecule has 4 aromatic heterocycles. The number of anilines is 2. The number of furan rings is 1. The van der Waals surface area contributed by atoms with Crippen LogP contribution >= 0.6 is 0 Å². The highest BCUT2D eigenvalue weighted by Gasteiger charge is 2.20. The van der Waals surface area contributed by atoms with Crippen molar-refractivity contribution in [3.05, 3.63) is 46.8 Å². The van der Waals surface area contributed by atoms with Gasteiger partial charge in [-0.15, -0.1) is 0 Å². The molecule has 176 valence electrons. The zero-order valence-electron chi connectivity index (χ0n) is 19.0. The van der Waals surface area contributed by atoms with Crippen molar-refractivity contribution >= 4 is 22.8 Å². The monoisotopic (exact) mass is 463 g/mol. The summed E-state index contributed by atoms with van der Waals surface area (Å²) in [5, 5.41) is 0. The van der Waals surface area contributed by atoms with Gasteiger partial charge in [-0.2, -0.15) is 4.98 Å². The summed E-state index contributed by atoms with van der Waals surface area (Å²) in [5.41, 5.74) is 8.05. The molecule has 0 atom stereocenters. The third-order valence-electron chi connectivity index (χ3n) is 5.86. The molecule has 34 heavy (non-hydrogen) atoms. The number of rotatable bonds is 6. The molecule has 0 radical (unpaired) electrons. The van der Waals surface area contributed by atoms with E-state index in [1.807, 2.05) is 13.0 Å². The second kappa shape index (κ2) is 9.06. The maximum atomic E-state index is 12.7. The summed E-state index contributed by atoms with van der Waals surface area (Å²) in [6, 6.07) is 4.00. The first-order valence-electron chi connectivity index (χ1n) is 10.9. The van der Waals surface area contributed by atoms with Crippen molar-refractivity contribution in [2.75, 3.05) is 50.5 Å². The zero-order chi connectivity index (χ0) is 23.7. The van der Waals surface area contributed by atoms with E-state index in [1.54, 1.807) is 30.1 Å². The smallest absolute Gasteiger partial charge is 0.316 e. The SMILES string of the molecule is COc1ncc(N2CCN(CCn3c(=O)cnc4c(-c5ccc(C)o5)nc(N)nc43)CC2)cn1. The number of piperazine rings is 1. The summed E-state index contributed by atoms with van der Waals surface area (Å²) >= 11 is 0. The van der Waals surface area contributed by atoms with Crippen molar-refractivity contribution in [3.63, 3.8) is 0 Å². The second-order valence-electron chi connectivity index (χ2n) is 8.02. The lowest BCUT2D eigenvalue weighted by atomic mass is 10.2. The van der Waals surface area contributed by atoms with Gasteiger partial charge in [0.1, 0.15) is 17.0 Å². The highest BCUT2D eigenvalue weighted by atomic mass is 16.5. The lowest BCUT2D eigenvalue weighted by Crippen LogP contribution is -2.47. The molecule has 1 aliphatic rings. The van der Waals surface area contributed by atoms with Gasteiger partial charge in [-0.05, 0) is 19.1 Å². The molecule has 1 fully saturated rings. The molecule has 2 N–H and O–H groups in total. The molecule has 12 nitrogen and oxygen atoms in total. The van der Waals surface area contributed by atoms with Crippen LogP contribution in [0.5, 0.6) is 6.01 Å². The van der Waals surface area contributed by atoms with Gasteiger partial charge in [0.05, 0.1) is 31.4 Å². The van der Waals surface area contributed by atoms with Crippen LogP contribution in [0.25, 0.3) is 22.6 Å². The van der Waals surface area contributed by atoms with E-state index in [-0.39, 0.29) is 11.5 Å². The molecule has 1 saturated heterocycles. The Morgan fingerprint density at radius 1 is 1.03 bits per heavy atom. The summed E-state index contributed by atoms with van der Waals surface area (Å²) in [7, 11) is 1.55. The molecule has 0 saturated carbocycles. The fourth-order valence-electron chi connectivity index (χ4n) is 4.06. The molecule has 12 heteroatoms. The minimum absolute atomic E-state index is 0.0630. The lowest BCUT2D eigenvalue weighted by molar-refractivity contribution is 0.248. The zero-order valence-corrected chi connectivity index (χ0v) is 19.0. The first-order valence-corrected chi connectivity index (χ1v) is 10.9. The fraction of sp³-hybridized carbons (Fsp3) is 0.364. The number of nitrogens with zero attached hydrogens (tertiary/aromatic N) is 8. The van der Waals surface area contributed by atoms with Gasteiger partial charge in [0, 0.05) is 39.3 Å². The van der Waals surface area contributed by atoms with Gasteiger partial charge in [-0.1, -0.05) is 0 Å². The van der Waals surface area contributed by atoms with Crippen LogP contribution in [0.1, 0.15) is 5.76 Å². The van der Waals surface area contributed by atoms with E-state index < -0.39 is 0 Å². The van der Waals surface area contributed by atoms with Gasteiger partial charge >= 0.3 is 6.01 Å². The molecule has 0 unspecified atom stereocenters. The van der Waals surface area contributed by atoms with E-state index in [0.717, 1.165) is 37.6 Å². The standard InChI is InChI=1S/C22H25N9O3/c1-14-3-4-16(34-14)18-19-20(28-21(23)27-18)31(17(32)13-24-19)10-7-29-5-8-30(9-6-29)15-11-25-22(33-2)26-12-15/h3-4,11-13H,5-10H2,1-2H3,(H2,23,27,28). The molecule has 1 aliphatic heterocycles. The second-order valence-corrected chi connectivity index (χ2v) is 8.02. The number of fused-ring (bicyclic) bond motifs is 1. The molecule has 0 aliphatic carbocycles. The van der Waals surface area contributed by atoms with Gasteiger partial charge in [0.2, 0.25) is 5.95 Å². The Morgan fingerprint density at radius 3 is 2.47 bits per heavy atom.